The first kappa shape index (κ1) is 18.5. The van der Waals surface area contributed by atoms with Crippen LogP contribution in [-0.4, -0.2) is 24.9 Å². The minimum Gasteiger partial charge on any atom is -0.365 e. The standard InChI is InChI=1S/C19H22FN3O2S/c1-2-8-23-9-7-14-15(11-23)26-19(17(14)18(21)25)22-16(24)10-12-3-5-13(20)6-4-12/h3-6H,2,7-11H2,1H3,(H2,21,25)(H,22,24)/p+1. The number of amides is 2. The molecule has 1 aliphatic rings. The Kier molecular flexibility index (Phi) is 5.68. The number of hydrogen-bond acceptors (Lipinski definition) is 3. The van der Waals surface area contributed by atoms with Gasteiger partial charge >= 0.3 is 0 Å². The van der Waals surface area contributed by atoms with Gasteiger partial charge in [0.05, 0.1) is 30.0 Å². The molecule has 0 saturated carbocycles. The van der Waals surface area contributed by atoms with Crippen molar-refractivity contribution in [3.63, 3.8) is 0 Å². The summed E-state index contributed by atoms with van der Waals surface area (Å²) in [5, 5.41) is 3.37. The summed E-state index contributed by atoms with van der Waals surface area (Å²) >= 11 is 1.45. The number of carbonyl (C=O) groups is 2. The van der Waals surface area contributed by atoms with Gasteiger partial charge in [-0.1, -0.05) is 19.1 Å². The van der Waals surface area contributed by atoms with Crippen LogP contribution in [-0.2, 0) is 24.2 Å². The Hall–Kier alpha value is -2.25. The maximum Gasteiger partial charge on any atom is 0.252 e. The van der Waals surface area contributed by atoms with E-state index in [2.05, 4.69) is 12.2 Å². The smallest absolute Gasteiger partial charge is 0.252 e. The Morgan fingerprint density at radius 1 is 1.31 bits per heavy atom. The topological polar surface area (TPSA) is 76.6 Å². The largest absolute Gasteiger partial charge is 0.365 e. The van der Waals surface area contributed by atoms with Gasteiger partial charge in [0.15, 0.2) is 0 Å². The first-order valence-corrected chi connectivity index (χ1v) is 9.61. The van der Waals surface area contributed by atoms with Crippen molar-refractivity contribution < 1.29 is 18.9 Å². The zero-order valence-electron chi connectivity index (χ0n) is 14.7. The van der Waals surface area contributed by atoms with Crippen LogP contribution in [0.25, 0.3) is 0 Å². The molecule has 0 saturated heterocycles. The van der Waals surface area contributed by atoms with Crippen LogP contribution < -0.4 is 16.0 Å². The fourth-order valence-electron chi connectivity index (χ4n) is 3.41. The van der Waals surface area contributed by atoms with Gasteiger partial charge in [0.25, 0.3) is 5.91 Å². The lowest BCUT2D eigenvalue weighted by Gasteiger charge is -2.23. The Morgan fingerprint density at radius 2 is 2.04 bits per heavy atom. The molecule has 1 unspecified atom stereocenters. The summed E-state index contributed by atoms with van der Waals surface area (Å²) < 4.78 is 13.0. The van der Waals surface area contributed by atoms with Gasteiger partial charge in [-0.2, -0.15) is 0 Å². The molecule has 2 aromatic rings. The van der Waals surface area contributed by atoms with Crippen LogP contribution in [0.5, 0.6) is 0 Å². The number of primary amides is 1. The molecule has 0 aliphatic carbocycles. The number of thiophene rings is 1. The highest BCUT2D eigenvalue weighted by Crippen LogP contribution is 2.34. The van der Waals surface area contributed by atoms with E-state index in [0.29, 0.717) is 16.1 Å². The molecule has 0 bridgehead atoms. The van der Waals surface area contributed by atoms with Gasteiger partial charge in [-0.3, -0.25) is 9.59 Å². The van der Waals surface area contributed by atoms with Crippen LogP contribution >= 0.6 is 11.3 Å². The number of nitrogens with one attached hydrogen (secondary N) is 2. The van der Waals surface area contributed by atoms with Crippen molar-refractivity contribution in [1.82, 2.24) is 0 Å². The van der Waals surface area contributed by atoms with E-state index >= 15 is 0 Å². The van der Waals surface area contributed by atoms with E-state index in [1.165, 1.54) is 28.4 Å². The van der Waals surface area contributed by atoms with Crippen LogP contribution in [0.2, 0.25) is 0 Å². The van der Waals surface area contributed by atoms with Crippen molar-refractivity contribution in [2.75, 3.05) is 18.4 Å². The van der Waals surface area contributed by atoms with Crippen molar-refractivity contribution in [2.24, 2.45) is 5.73 Å². The number of halogens is 1. The maximum absolute atomic E-state index is 13.0. The average molecular weight is 376 g/mol. The number of rotatable bonds is 6. The van der Waals surface area contributed by atoms with E-state index in [-0.39, 0.29) is 18.1 Å². The third-order valence-corrected chi connectivity index (χ3v) is 5.76. The number of quaternary nitrogens is 1. The zero-order chi connectivity index (χ0) is 18.7. The molecule has 1 aromatic heterocycles. The van der Waals surface area contributed by atoms with Crippen molar-refractivity contribution in [3.8, 4) is 0 Å². The van der Waals surface area contributed by atoms with Crippen molar-refractivity contribution in [1.29, 1.82) is 0 Å². The third-order valence-electron chi connectivity index (χ3n) is 4.61. The van der Waals surface area contributed by atoms with E-state index in [1.807, 2.05) is 0 Å². The van der Waals surface area contributed by atoms with E-state index in [4.69, 9.17) is 5.73 Å². The van der Waals surface area contributed by atoms with Gasteiger partial charge in [0.2, 0.25) is 5.91 Å². The molecule has 1 aromatic carbocycles. The van der Waals surface area contributed by atoms with Gasteiger partial charge in [0, 0.05) is 6.42 Å². The van der Waals surface area contributed by atoms with Gasteiger partial charge in [-0.25, -0.2) is 4.39 Å². The second-order valence-corrected chi connectivity index (χ2v) is 7.71. The number of fused-ring (bicyclic) bond motifs is 1. The molecule has 7 heteroatoms. The monoisotopic (exact) mass is 376 g/mol. The minimum absolute atomic E-state index is 0.119. The second-order valence-electron chi connectivity index (χ2n) is 6.60. The summed E-state index contributed by atoms with van der Waals surface area (Å²) in [6.07, 6.45) is 2.03. The summed E-state index contributed by atoms with van der Waals surface area (Å²) in [6.45, 7) is 5.09. The molecule has 0 fully saturated rings. The highest BCUT2D eigenvalue weighted by atomic mass is 32.1. The quantitative estimate of drug-likeness (QED) is 0.715. The van der Waals surface area contributed by atoms with Crippen molar-refractivity contribution in [3.05, 3.63) is 51.7 Å². The summed E-state index contributed by atoms with van der Waals surface area (Å²) in [5.41, 5.74) is 7.74. The Morgan fingerprint density at radius 3 is 2.69 bits per heavy atom. The van der Waals surface area contributed by atoms with E-state index in [0.717, 1.165) is 42.9 Å². The lowest BCUT2D eigenvalue weighted by Crippen LogP contribution is -3.11. The van der Waals surface area contributed by atoms with Crippen LogP contribution in [0.15, 0.2) is 24.3 Å². The number of carbonyl (C=O) groups excluding carboxylic acids is 2. The van der Waals surface area contributed by atoms with Crippen LogP contribution in [0.4, 0.5) is 9.39 Å². The van der Waals surface area contributed by atoms with Gasteiger partial charge in [-0.15, -0.1) is 11.3 Å². The first-order chi connectivity index (χ1) is 12.5. The van der Waals surface area contributed by atoms with Crippen LogP contribution in [0.1, 0.15) is 39.7 Å². The molecule has 1 atom stereocenters. The lowest BCUT2D eigenvalue weighted by atomic mass is 10.0. The van der Waals surface area contributed by atoms with Crippen molar-refractivity contribution >= 4 is 28.2 Å². The fourth-order valence-corrected chi connectivity index (χ4v) is 4.75. The molecule has 1 aliphatic heterocycles. The first-order valence-electron chi connectivity index (χ1n) is 8.80. The number of anilines is 1. The lowest BCUT2D eigenvalue weighted by molar-refractivity contribution is -0.915. The molecular formula is C19H23FN3O2S+. The van der Waals surface area contributed by atoms with Gasteiger partial charge in [-0.05, 0) is 29.7 Å². The third kappa shape index (κ3) is 4.11. The molecule has 138 valence electrons. The number of benzene rings is 1. The van der Waals surface area contributed by atoms with E-state index in [1.54, 1.807) is 12.1 Å². The summed E-state index contributed by atoms with van der Waals surface area (Å²) in [5.74, 6) is -1.08. The molecule has 3 rings (SSSR count). The number of hydrogen-bond donors (Lipinski definition) is 3. The maximum atomic E-state index is 13.0. The predicted molar refractivity (Wildman–Crippen MR) is 100.0 cm³/mol. The molecule has 26 heavy (non-hydrogen) atoms. The fraction of sp³-hybridized carbons (Fsp3) is 0.368. The summed E-state index contributed by atoms with van der Waals surface area (Å²) in [6, 6.07) is 5.81. The normalized spacial score (nSPS) is 16.2. The zero-order valence-corrected chi connectivity index (χ0v) is 15.5. The highest BCUT2D eigenvalue weighted by Gasteiger charge is 2.29. The van der Waals surface area contributed by atoms with Crippen LogP contribution in [0.3, 0.4) is 0 Å². The average Bonchev–Trinajstić information content (AvgIpc) is 2.94. The second kappa shape index (κ2) is 7.97. The molecule has 0 radical (unpaired) electrons. The number of nitrogens with two attached hydrogens (primary N) is 1. The molecule has 0 spiro atoms. The summed E-state index contributed by atoms with van der Waals surface area (Å²) in [7, 11) is 0. The van der Waals surface area contributed by atoms with Crippen LogP contribution in [0, 0.1) is 5.82 Å². The van der Waals surface area contributed by atoms with Crippen molar-refractivity contribution in [2.45, 2.75) is 32.7 Å². The Bertz CT molecular complexity index is 817. The molecule has 5 nitrogen and oxygen atoms in total. The SMILES string of the molecule is CCC[NH+]1CCc2c(sc(NC(=O)Cc3ccc(F)cc3)c2C(N)=O)C1. The molecule has 4 N–H and O–H groups in total. The molecular weight excluding hydrogens is 353 g/mol. The summed E-state index contributed by atoms with van der Waals surface area (Å²) in [4.78, 5) is 27.0. The molecule has 2 amide bonds. The Labute approximate surface area is 156 Å². The predicted octanol–water partition coefficient (Wildman–Crippen LogP) is 1.52. The highest BCUT2D eigenvalue weighted by molar-refractivity contribution is 7.17. The van der Waals surface area contributed by atoms with E-state index in [9.17, 15) is 14.0 Å². The minimum atomic E-state index is -0.501. The van der Waals surface area contributed by atoms with Gasteiger partial charge in [0.1, 0.15) is 17.4 Å². The molecule has 2 heterocycles. The van der Waals surface area contributed by atoms with E-state index < -0.39 is 5.91 Å². The van der Waals surface area contributed by atoms with Gasteiger partial charge < -0.3 is 16.0 Å². The Balaban J connectivity index is 1.78.